The summed E-state index contributed by atoms with van der Waals surface area (Å²) in [6.45, 7) is 11.3. The molecule has 2 rings (SSSR count). The van der Waals surface area contributed by atoms with E-state index in [4.69, 9.17) is 8.83 Å². The molecule has 0 aliphatic heterocycles. The quantitative estimate of drug-likeness (QED) is 0.816. The van der Waals surface area contributed by atoms with Crippen LogP contribution in [0, 0.1) is 39.5 Å². The Bertz CT molecular complexity index is 613. The third-order valence-electron chi connectivity index (χ3n) is 3.95. The number of nitrogens with zero attached hydrogens (tertiary/aromatic N) is 2. The minimum absolute atomic E-state index is 0.106. The van der Waals surface area contributed by atoms with E-state index in [9.17, 15) is 4.79 Å². The first-order chi connectivity index (χ1) is 10.3. The van der Waals surface area contributed by atoms with Crippen molar-refractivity contribution < 1.29 is 13.6 Å². The zero-order valence-electron chi connectivity index (χ0n) is 14.2. The lowest BCUT2D eigenvalue weighted by atomic mass is 9.89. The molecule has 0 fully saturated rings. The van der Waals surface area contributed by atoms with Gasteiger partial charge in [-0.1, -0.05) is 13.8 Å². The summed E-state index contributed by atoms with van der Waals surface area (Å²) >= 11 is 0. The zero-order chi connectivity index (χ0) is 16.4. The fourth-order valence-corrected chi connectivity index (χ4v) is 2.77. The minimum Gasteiger partial charge on any atom is -0.446 e. The molecule has 0 aromatic carbocycles. The number of aromatic nitrogens is 2. The van der Waals surface area contributed by atoms with Gasteiger partial charge >= 0.3 is 0 Å². The Morgan fingerprint density at radius 1 is 0.864 bits per heavy atom. The third-order valence-corrected chi connectivity index (χ3v) is 3.95. The Kier molecular flexibility index (Phi) is 4.84. The molecule has 2 atom stereocenters. The molecular formula is C17H24N2O3. The number of Topliss-reactive ketones (excluding diaryl/α,β-unsaturated/α-hetero) is 1. The van der Waals surface area contributed by atoms with Crippen LogP contribution >= 0.6 is 0 Å². The lowest BCUT2D eigenvalue weighted by Crippen LogP contribution is -2.23. The predicted octanol–water partition coefficient (Wildman–Crippen LogP) is 3.52. The van der Waals surface area contributed by atoms with E-state index in [-0.39, 0.29) is 17.6 Å². The van der Waals surface area contributed by atoms with Gasteiger partial charge in [0.05, 0.1) is 11.4 Å². The number of rotatable bonds is 6. The largest absolute Gasteiger partial charge is 0.446 e. The van der Waals surface area contributed by atoms with Gasteiger partial charge in [-0.2, -0.15) is 0 Å². The van der Waals surface area contributed by atoms with Gasteiger partial charge in [0.1, 0.15) is 17.3 Å². The molecule has 120 valence electrons. The number of ketones is 1. The summed E-state index contributed by atoms with van der Waals surface area (Å²) < 4.78 is 11.1. The third kappa shape index (κ3) is 3.64. The number of aryl methyl sites for hydroxylation is 4. The van der Waals surface area contributed by atoms with Crippen LogP contribution in [0.15, 0.2) is 8.83 Å². The van der Waals surface area contributed by atoms with Crippen LogP contribution in [0.2, 0.25) is 0 Å². The molecule has 0 aliphatic rings. The van der Waals surface area contributed by atoms with E-state index in [0.717, 1.165) is 22.9 Å². The molecule has 2 aromatic heterocycles. The molecule has 5 heteroatoms. The van der Waals surface area contributed by atoms with Crippen molar-refractivity contribution in [3.8, 4) is 0 Å². The van der Waals surface area contributed by atoms with E-state index >= 15 is 0 Å². The number of hydrogen-bond acceptors (Lipinski definition) is 5. The van der Waals surface area contributed by atoms with Gasteiger partial charge in [-0.15, -0.1) is 0 Å². The maximum absolute atomic E-state index is 12.6. The maximum atomic E-state index is 12.6. The SMILES string of the molecule is Cc1nc(C)c(CC(C)C(=O)C(C)Cc2oc(C)nc2C)o1. The number of carbonyl (C=O) groups is 1. The van der Waals surface area contributed by atoms with Gasteiger partial charge in [0, 0.05) is 38.5 Å². The molecule has 5 nitrogen and oxygen atoms in total. The fraction of sp³-hybridized carbons (Fsp3) is 0.588. The Morgan fingerprint density at radius 2 is 1.23 bits per heavy atom. The molecule has 2 unspecified atom stereocenters. The van der Waals surface area contributed by atoms with E-state index in [0.29, 0.717) is 24.6 Å². The van der Waals surface area contributed by atoms with Crippen molar-refractivity contribution in [2.24, 2.45) is 11.8 Å². The highest BCUT2D eigenvalue weighted by atomic mass is 16.4. The van der Waals surface area contributed by atoms with Gasteiger partial charge < -0.3 is 8.83 Å². The zero-order valence-corrected chi connectivity index (χ0v) is 14.2. The molecule has 0 radical (unpaired) electrons. The number of carbonyl (C=O) groups excluding carboxylic acids is 1. The molecule has 0 aliphatic carbocycles. The molecule has 0 saturated heterocycles. The first-order valence-corrected chi connectivity index (χ1v) is 7.67. The number of hydrogen-bond donors (Lipinski definition) is 0. The van der Waals surface area contributed by atoms with Crippen LogP contribution in [0.25, 0.3) is 0 Å². The average Bonchev–Trinajstić information content (AvgIpc) is 2.90. The van der Waals surface area contributed by atoms with Crippen molar-refractivity contribution >= 4 is 5.78 Å². The Hall–Kier alpha value is -1.91. The van der Waals surface area contributed by atoms with E-state index in [1.807, 2.05) is 41.5 Å². The van der Waals surface area contributed by atoms with Crippen molar-refractivity contribution in [3.63, 3.8) is 0 Å². The second-order valence-electron chi connectivity index (χ2n) is 6.10. The predicted molar refractivity (Wildman–Crippen MR) is 82.7 cm³/mol. The smallest absolute Gasteiger partial charge is 0.191 e. The summed E-state index contributed by atoms with van der Waals surface area (Å²) in [5, 5.41) is 0. The lowest BCUT2D eigenvalue weighted by molar-refractivity contribution is -0.126. The van der Waals surface area contributed by atoms with Crippen molar-refractivity contribution in [1.82, 2.24) is 9.97 Å². The summed E-state index contributed by atoms with van der Waals surface area (Å²) in [6, 6.07) is 0. The van der Waals surface area contributed by atoms with Gasteiger partial charge in [0.25, 0.3) is 0 Å². The highest BCUT2D eigenvalue weighted by Crippen LogP contribution is 2.21. The van der Waals surface area contributed by atoms with Gasteiger partial charge in [-0.05, 0) is 13.8 Å². The van der Waals surface area contributed by atoms with E-state index in [1.165, 1.54) is 0 Å². The molecule has 2 aromatic rings. The van der Waals surface area contributed by atoms with Crippen molar-refractivity contribution in [1.29, 1.82) is 0 Å². The molecule has 0 amide bonds. The van der Waals surface area contributed by atoms with Crippen molar-refractivity contribution in [3.05, 3.63) is 34.7 Å². The van der Waals surface area contributed by atoms with Crippen LogP contribution in [0.3, 0.4) is 0 Å². The highest BCUT2D eigenvalue weighted by Gasteiger charge is 2.24. The van der Waals surface area contributed by atoms with Crippen LogP contribution in [-0.4, -0.2) is 15.8 Å². The summed E-state index contributed by atoms with van der Waals surface area (Å²) in [4.78, 5) is 21.1. The van der Waals surface area contributed by atoms with Crippen LogP contribution in [0.4, 0.5) is 0 Å². The molecular weight excluding hydrogens is 280 g/mol. The molecule has 0 N–H and O–H groups in total. The molecule has 0 bridgehead atoms. The maximum Gasteiger partial charge on any atom is 0.191 e. The molecule has 22 heavy (non-hydrogen) atoms. The van der Waals surface area contributed by atoms with Gasteiger partial charge in [0.15, 0.2) is 11.8 Å². The topological polar surface area (TPSA) is 69.1 Å². The first-order valence-electron chi connectivity index (χ1n) is 7.67. The Labute approximate surface area is 131 Å². The Balaban J connectivity index is 2.00. The fourth-order valence-electron chi connectivity index (χ4n) is 2.77. The van der Waals surface area contributed by atoms with E-state index in [1.54, 1.807) is 0 Å². The first kappa shape index (κ1) is 16.5. The van der Waals surface area contributed by atoms with Crippen LogP contribution in [-0.2, 0) is 17.6 Å². The number of oxazole rings is 2. The van der Waals surface area contributed by atoms with Gasteiger partial charge in [-0.25, -0.2) is 9.97 Å². The molecule has 0 spiro atoms. The summed E-state index contributed by atoms with van der Waals surface area (Å²) in [6.07, 6.45) is 1.18. The summed E-state index contributed by atoms with van der Waals surface area (Å²) in [5.41, 5.74) is 1.73. The standard InChI is InChI=1S/C17H24N2O3/c1-9(7-15-11(3)18-13(5)21-15)17(20)10(2)8-16-12(4)19-14(6)22-16/h9-10H,7-8H2,1-6H3. The van der Waals surface area contributed by atoms with Gasteiger partial charge in [0.2, 0.25) is 0 Å². The lowest BCUT2D eigenvalue weighted by Gasteiger charge is -2.14. The van der Waals surface area contributed by atoms with Crippen LogP contribution in [0.1, 0.15) is 48.5 Å². The second-order valence-corrected chi connectivity index (χ2v) is 6.10. The van der Waals surface area contributed by atoms with Crippen LogP contribution in [0.5, 0.6) is 0 Å². The minimum atomic E-state index is -0.106. The van der Waals surface area contributed by atoms with Gasteiger partial charge in [-0.3, -0.25) is 4.79 Å². The summed E-state index contributed by atoms with van der Waals surface area (Å²) in [7, 11) is 0. The van der Waals surface area contributed by atoms with Crippen LogP contribution < -0.4 is 0 Å². The Morgan fingerprint density at radius 3 is 1.50 bits per heavy atom. The monoisotopic (exact) mass is 304 g/mol. The van der Waals surface area contributed by atoms with E-state index < -0.39 is 0 Å². The second kappa shape index (κ2) is 6.46. The van der Waals surface area contributed by atoms with Crippen molar-refractivity contribution in [2.75, 3.05) is 0 Å². The molecule has 2 heterocycles. The normalized spacial score (nSPS) is 14.1. The van der Waals surface area contributed by atoms with E-state index in [2.05, 4.69) is 9.97 Å². The summed E-state index contributed by atoms with van der Waals surface area (Å²) in [5.74, 6) is 2.90. The highest BCUT2D eigenvalue weighted by molar-refractivity contribution is 5.83. The van der Waals surface area contributed by atoms with Crippen molar-refractivity contribution in [2.45, 2.75) is 54.4 Å². The molecule has 0 saturated carbocycles. The average molecular weight is 304 g/mol.